The van der Waals surface area contributed by atoms with Crippen LogP contribution < -0.4 is 15.4 Å². The Balaban J connectivity index is 0.00000198. The van der Waals surface area contributed by atoms with Crippen LogP contribution in [0.3, 0.4) is 0 Å². The van der Waals surface area contributed by atoms with Crippen LogP contribution in [-0.4, -0.2) is 45.6 Å². The predicted octanol–water partition coefficient (Wildman–Crippen LogP) is 6.36. The number of nitrogens with one attached hydrogen (secondary N) is 2. The highest BCUT2D eigenvalue weighted by Gasteiger charge is 2.25. The second-order valence-corrected chi connectivity index (χ2v) is 9.29. The molecule has 216 valence electrons. The van der Waals surface area contributed by atoms with E-state index in [2.05, 4.69) is 15.6 Å². The van der Waals surface area contributed by atoms with Gasteiger partial charge in [-0.1, -0.05) is 61.9 Å². The first-order valence-corrected chi connectivity index (χ1v) is 13.6. The molecule has 1 amide bonds. The molecule has 0 radical (unpaired) electrons. The van der Waals surface area contributed by atoms with E-state index in [-0.39, 0.29) is 29.4 Å². The molecule has 0 fully saturated rings. The van der Waals surface area contributed by atoms with Crippen LogP contribution in [0.5, 0.6) is 17.4 Å². The van der Waals surface area contributed by atoms with E-state index in [0.29, 0.717) is 39.5 Å². The molecule has 0 aliphatic heterocycles. The first-order valence-electron chi connectivity index (χ1n) is 13.6. The Morgan fingerprint density at radius 3 is 2.33 bits per heavy atom. The SMILES string of the molecule is CC.CNc1c(C(=O)c2ccc(C)cc2)c2ccc(OC)nc2n1Cc1ccccc1NC(=O)c1ccc(O)cc1O. The first-order chi connectivity index (χ1) is 20.3. The normalized spacial score (nSPS) is 10.5. The maximum atomic E-state index is 13.8. The number of hydrogen-bond acceptors (Lipinski definition) is 7. The average molecular weight is 567 g/mol. The lowest BCUT2D eigenvalue weighted by Crippen LogP contribution is -2.15. The molecule has 0 saturated heterocycles. The van der Waals surface area contributed by atoms with Crippen molar-refractivity contribution in [3.63, 3.8) is 0 Å². The van der Waals surface area contributed by atoms with Gasteiger partial charge in [-0.25, -0.2) is 0 Å². The molecule has 0 aliphatic rings. The maximum Gasteiger partial charge on any atom is 0.259 e. The Labute approximate surface area is 244 Å². The summed E-state index contributed by atoms with van der Waals surface area (Å²) in [6.07, 6.45) is 0. The van der Waals surface area contributed by atoms with Crippen LogP contribution >= 0.6 is 0 Å². The summed E-state index contributed by atoms with van der Waals surface area (Å²) >= 11 is 0. The van der Waals surface area contributed by atoms with E-state index in [4.69, 9.17) is 4.74 Å². The smallest absolute Gasteiger partial charge is 0.259 e. The Bertz CT molecular complexity index is 1740. The lowest BCUT2D eigenvalue weighted by Gasteiger charge is -2.15. The van der Waals surface area contributed by atoms with Crippen molar-refractivity contribution < 1.29 is 24.5 Å². The van der Waals surface area contributed by atoms with E-state index < -0.39 is 5.91 Å². The van der Waals surface area contributed by atoms with Gasteiger partial charge in [-0.15, -0.1) is 0 Å². The van der Waals surface area contributed by atoms with Crippen molar-refractivity contribution in [3.05, 3.63) is 107 Å². The number of rotatable bonds is 8. The number of aryl methyl sites for hydroxylation is 1. The molecule has 4 N–H and O–H groups in total. The summed E-state index contributed by atoms with van der Waals surface area (Å²) in [5.74, 6) is -0.200. The number of para-hydroxylation sites is 1. The van der Waals surface area contributed by atoms with Gasteiger partial charge >= 0.3 is 0 Å². The third kappa shape index (κ3) is 5.90. The van der Waals surface area contributed by atoms with Gasteiger partial charge in [-0.05, 0) is 36.8 Å². The summed E-state index contributed by atoms with van der Waals surface area (Å²) in [4.78, 5) is 31.5. The quantitative estimate of drug-likeness (QED) is 0.161. The van der Waals surface area contributed by atoms with Gasteiger partial charge < -0.3 is 30.2 Å². The number of phenols is 2. The zero-order valence-electron chi connectivity index (χ0n) is 24.2. The number of carbonyl (C=O) groups is 2. The second kappa shape index (κ2) is 12.9. The van der Waals surface area contributed by atoms with Gasteiger partial charge in [0.15, 0.2) is 5.78 Å². The molecule has 42 heavy (non-hydrogen) atoms. The van der Waals surface area contributed by atoms with Gasteiger partial charge in [0, 0.05) is 35.8 Å². The Morgan fingerprint density at radius 2 is 1.67 bits per heavy atom. The molecule has 0 atom stereocenters. The second-order valence-electron chi connectivity index (χ2n) is 9.29. The fourth-order valence-corrected chi connectivity index (χ4v) is 4.66. The van der Waals surface area contributed by atoms with Crippen LogP contribution in [0.25, 0.3) is 11.0 Å². The topological polar surface area (TPSA) is 126 Å². The third-order valence-electron chi connectivity index (χ3n) is 6.69. The van der Waals surface area contributed by atoms with E-state index in [9.17, 15) is 19.8 Å². The highest BCUT2D eigenvalue weighted by atomic mass is 16.5. The van der Waals surface area contributed by atoms with Gasteiger partial charge in [-0.2, -0.15) is 4.98 Å². The van der Waals surface area contributed by atoms with Crippen LogP contribution in [0.4, 0.5) is 11.5 Å². The number of methoxy groups -OCH3 is 1. The minimum absolute atomic E-state index is 0.0207. The molecule has 5 rings (SSSR count). The van der Waals surface area contributed by atoms with Crippen LogP contribution in [0, 0.1) is 6.92 Å². The van der Waals surface area contributed by atoms with Gasteiger partial charge in [0.1, 0.15) is 23.0 Å². The van der Waals surface area contributed by atoms with E-state index in [1.54, 1.807) is 37.4 Å². The average Bonchev–Trinajstić information content (AvgIpc) is 3.31. The molecule has 5 aromatic rings. The van der Waals surface area contributed by atoms with Crippen molar-refractivity contribution >= 4 is 34.2 Å². The summed E-state index contributed by atoms with van der Waals surface area (Å²) in [5, 5.41) is 26.4. The Hall–Kier alpha value is -5.31. The van der Waals surface area contributed by atoms with Crippen molar-refractivity contribution in [1.82, 2.24) is 9.55 Å². The molecule has 0 spiro atoms. The van der Waals surface area contributed by atoms with Crippen LogP contribution in [-0.2, 0) is 6.54 Å². The summed E-state index contributed by atoms with van der Waals surface area (Å²) in [7, 11) is 3.28. The fraction of sp³-hybridized carbons (Fsp3) is 0.182. The molecular weight excluding hydrogens is 532 g/mol. The van der Waals surface area contributed by atoms with Crippen LogP contribution in [0.1, 0.15) is 51.3 Å². The molecule has 2 aromatic heterocycles. The number of anilines is 2. The van der Waals surface area contributed by atoms with Gasteiger partial charge in [0.05, 0.1) is 24.8 Å². The van der Waals surface area contributed by atoms with Gasteiger partial charge in [0.2, 0.25) is 5.88 Å². The molecule has 2 heterocycles. The Morgan fingerprint density at radius 1 is 0.952 bits per heavy atom. The van der Waals surface area contributed by atoms with Crippen molar-refractivity contribution in [2.24, 2.45) is 0 Å². The third-order valence-corrected chi connectivity index (χ3v) is 6.69. The van der Waals surface area contributed by atoms with E-state index >= 15 is 0 Å². The van der Waals surface area contributed by atoms with Crippen molar-refractivity contribution in [2.45, 2.75) is 27.3 Å². The first kappa shape index (κ1) is 29.7. The molecule has 9 nitrogen and oxygen atoms in total. The number of fused-ring (bicyclic) bond motifs is 1. The molecule has 0 saturated carbocycles. The fourth-order valence-electron chi connectivity index (χ4n) is 4.66. The lowest BCUT2D eigenvalue weighted by atomic mass is 10.0. The lowest BCUT2D eigenvalue weighted by molar-refractivity contribution is 0.102. The van der Waals surface area contributed by atoms with Crippen LogP contribution in [0.15, 0.2) is 78.9 Å². The molecule has 9 heteroatoms. The number of ketones is 1. The molecule has 3 aromatic carbocycles. The molecular formula is C33H34N4O5. The number of hydrogen-bond donors (Lipinski definition) is 4. The zero-order valence-corrected chi connectivity index (χ0v) is 24.2. The standard InChI is InChI=1S/C31H28N4O5.C2H6/c1-18-8-10-19(11-9-18)28(38)27-23-14-15-26(40-3)34-29(23)35(30(27)32-2)17-20-6-4-5-7-24(20)33-31(39)22-13-12-21(36)16-25(22)37;1-2/h4-16,32,36-37H,17H2,1-3H3,(H,33,39);1-2H3. The van der Waals surface area contributed by atoms with Crippen molar-refractivity contribution in [1.29, 1.82) is 0 Å². The summed E-state index contributed by atoms with van der Waals surface area (Å²) < 4.78 is 7.26. The Kier molecular flexibility index (Phi) is 9.12. The van der Waals surface area contributed by atoms with E-state index in [1.807, 2.05) is 55.7 Å². The maximum absolute atomic E-state index is 13.8. The minimum Gasteiger partial charge on any atom is -0.508 e. The number of aromatic nitrogens is 2. The summed E-state index contributed by atoms with van der Waals surface area (Å²) in [5.41, 5.74) is 3.90. The van der Waals surface area contributed by atoms with Crippen molar-refractivity contribution in [3.8, 4) is 17.4 Å². The number of ether oxygens (including phenoxy) is 1. The molecule has 0 aliphatic carbocycles. The molecule has 0 bridgehead atoms. The molecule has 0 unspecified atom stereocenters. The minimum atomic E-state index is -0.536. The number of pyridine rings is 1. The number of nitrogens with zero attached hydrogens (tertiary/aromatic N) is 2. The number of amides is 1. The number of phenolic OH excluding ortho intramolecular Hbond substituents is 2. The van der Waals surface area contributed by atoms with Crippen LogP contribution in [0.2, 0.25) is 0 Å². The monoisotopic (exact) mass is 566 g/mol. The van der Waals surface area contributed by atoms with E-state index in [0.717, 1.165) is 17.2 Å². The highest BCUT2D eigenvalue weighted by molar-refractivity contribution is 6.20. The van der Waals surface area contributed by atoms with Crippen molar-refractivity contribution in [2.75, 3.05) is 24.8 Å². The number of carbonyl (C=O) groups excluding carboxylic acids is 2. The van der Waals surface area contributed by atoms with E-state index in [1.165, 1.54) is 19.2 Å². The predicted molar refractivity (Wildman–Crippen MR) is 165 cm³/mol. The summed E-state index contributed by atoms with van der Waals surface area (Å²) in [6.45, 7) is 6.22. The summed E-state index contributed by atoms with van der Waals surface area (Å²) in [6, 6.07) is 22.0. The number of benzene rings is 3. The van der Waals surface area contributed by atoms with Gasteiger partial charge in [0.25, 0.3) is 5.91 Å². The largest absolute Gasteiger partial charge is 0.508 e. The van der Waals surface area contributed by atoms with Gasteiger partial charge in [-0.3, -0.25) is 9.59 Å². The highest BCUT2D eigenvalue weighted by Crippen LogP contribution is 2.34. The zero-order chi connectivity index (χ0) is 30.4. The number of aromatic hydroxyl groups is 2.